The minimum absolute atomic E-state index is 0.0313. The average molecular weight is 660 g/mol. The smallest absolute Gasteiger partial charge is 0.265 e. The number of nitrogens with zero attached hydrogens (tertiary/aromatic N) is 2. The molecule has 0 aliphatic heterocycles. The lowest BCUT2D eigenvalue weighted by Crippen LogP contribution is -2.53. The van der Waals surface area contributed by atoms with Gasteiger partial charge in [0.05, 0.1) is 39.0 Å². The molecule has 0 radical (unpaired) electrons. The van der Waals surface area contributed by atoms with Crippen LogP contribution in [-0.2, 0) is 26.2 Å². The summed E-state index contributed by atoms with van der Waals surface area (Å²) in [7, 11) is 1.12. The van der Waals surface area contributed by atoms with Crippen molar-refractivity contribution in [3.63, 3.8) is 0 Å². The Bertz CT molecular complexity index is 1600. The van der Waals surface area contributed by atoms with Crippen LogP contribution in [0.2, 0.25) is 0 Å². The van der Waals surface area contributed by atoms with Gasteiger partial charge in [-0.25, -0.2) is 12.8 Å². The Balaban J connectivity index is 2.19. The van der Waals surface area contributed by atoms with Gasteiger partial charge in [-0.15, -0.1) is 0 Å². The summed E-state index contributed by atoms with van der Waals surface area (Å²) in [6.45, 7) is 4.74. The van der Waals surface area contributed by atoms with Gasteiger partial charge in [0.1, 0.15) is 29.9 Å². The van der Waals surface area contributed by atoms with Crippen molar-refractivity contribution >= 4 is 27.5 Å². The number of halogens is 1. The second kappa shape index (κ2) is 16.2. The zero-order valence-electron chi connectivity index (χ0n) is 27.2. The van der Waals surface area contributed by atoms with E-state index >= 15 is 0 Å². The number of methoxy groups -OCH3 is 4. The van der Waals surface area contributed by atoms with E-state index in [4.69, 9.17) is 18.9 Å². The Labute approximate surface area is 270 Å². The quantitative estimate of drug-likeness (QED) is 0.233. The summed E-state index contributed by atoms with van der Waals surface area (Å²) in [6.07, 6.45) is 0.904. The number of sulfonamides is 1. The predicted octanol–water partition coefficient (Wildman–Crippen LogP) is 4.78. The molecule has 2 atom stereocenters. The topological polar surface area (TPSA) is 124 Å². The molecule has 3 aromatic rings. The van der Waals surface area contributed by atoms with Crippen molar-refractivity contribution in [3.8, 4) is 23.0 Å². The lowest BCUT2D eigenvalue weighted by atomic mass is 10.1. The number of carbonyl (C=O) groups is 2. The molecule has 2 amide bonds. The van der Waals surface area contributed by atoms with E-state index in [0.717, 1.165) is 4.31 Å². The molecule has 0 aliphatic carbocycles. The van der Waals surface area contributed by atoms with Crippen LogP contribution in [0, 0.1) is 5.82 Å². The van der Waals surface area contributed by atoms with Crippen molar-refractivity contribution in [1.29, 1.82) is 0 Å². The standard InChI is InChI=1S/C33H42FN3O8S/c1-8-22(3)35-33(39)27(9-2)36(20-23-10-12-24(34)13-11-23)32(38)21-37(28-18-25(42-4)14-16-29(28)43-5)46(40,41)26-15-17-30(44-6)31(19-26)45-7/h10-19,22,27H,8-9,20-21H2,1-7H3,(H,35,39). The summed E-state index contributed by atoms with van der Waals surface area (Å²) in [5, 5.41) is 2.92. The molecule has 13 heteroatoms. The molecule has 0 bridgehead atoms. The first-order valence-electron chi connectivity index (χ1n) is 14.7. The van der Waals surface area contributed by atoms with Crippen molar-refractivity contribution in [2.24, 2.45) is 0 Å². The van der Waals surface area contributed by atoms with Gasteiger partial charge in [0.15, 0.2) is 11.5 Å². The first-order chi connectivity index (χ1) is 21.9. The molecule has 0 heterocycles. The number of benzene rings is 3. The number of hydrogen-bond acceptors (Lipinski definition) is 8. The number of rotatable bonds is 16. The molecule has 11 nitrogen and oxygen atoms in total. The Morgan fingerprint density at radius 1 is 0.826 bits per heavy atom. The monoisotopic (exact) mass is 659 g/mol. The van der Waals surface area contributed by atoms with Crippen LogP contribution in [0.1, 0.15) is 39.2 Å². The Morgan fingerprint density at radius 2 is 1.46 bits per heavy atom. The van der Waals surface area contributed by atoms with Crippen molar-refractivity contribution in [2.45, 2.75) is 57.1 Å². The summed E-state index contributed by atoms with van der Waals surface area (Å²) in [5.41, 5.74) is 0.585. The van der Waals surface area contributed by atoms with E-state index in [9.17, 15) is 22.4 Å². The minimum Gasteiger partial charge on any atom is -0.497 e. The molecule has 46 heavy (non-hydrogen) atoms. The molecule has 250 valence electrons. The highest BCUT2D eigenvalue weighted by Crippen LogP contribution is 2.38. The maximum absolute atomic E-state index is 14.4. The van der Waals surface area contributed by atoms with Gasteiger partial charge in [-0.2, -0.15) is 0 Å². The molecule has 0 saturated heterocycles. The van der Waals surface area contributed by atoms with Crippen molar-refractivity contribution in [2.75, 3.05) is 39.3 Å². The van der Waals surface area contributed by atoms with E-state index in [-0.39, 0.29) is 47.0 Å². The van der Waals surface area contributed by atoms with Crippen LogP contribution in [0.15, 0.2) is 65.6 Å². The first kappa shape index (κ1) is 36.0. The number of carbonyl (C=O) groups excluding carboxylic acids is 2. The zero-order chi connectivity index (χ0) is 34.0. The summed E-state index contributed by atoms with van der Waals surface area (Å²) >= 11 is 0. The van der Waals surface area contributed by atoms with Gasteiger partial charge < -0.3 is 29.2 Å². The third kappa shape index (κ3) is 8.39. The van der Waals surface area contributed by atoms with Gasteiger partial charge in [-0.3, -0.25) is 13.9 Å². The first-order valence-corrected chi connectivity index (χ1v) is 16.2. The fourth-order valence-electron chi connectivity index (χ4n) is 4.76. The van der Waals surface area contributed by atoms with E-state index in [0.29, 0.717) is 23.5 Å². The third-order valence-corrected chi connectivity index (χ3v) is 9.29. The Hall–Kier alpha value is -4.52. The highest BCUT2D eigenvalue weighted by atomic mass is 32.2. The summed E-state index contributed by atoms with van der Waals surface area (Å²) in [4.78, 5) is 29.0. The van der Waals surface area contributed by atoms with E-state index in [2.05, 4.69) is 5.32 Å². The fourth-order valence-corrected chi connectivity index (χ4v) is 6.19. The van der Waals surface area contributed by atoms with Crippen LogP contribution < -0.4 is 28.6 Å². The van der Waals surface area contributed by atoms with Gasteiger partial charge in [0.25, 0.3) is 10.0 Å². The largest absolute Gasteiger partial charge is 0.497 e. The molecule has 2 unspecified atom stereocenters. The van der Waals surface area contributed by atoms with Gasteiger partial charge in [0.2, 0.25) is 11.8 Å². The lowest BCUT2D eigenvalue weighted by Gasteiger charge is -2.34. The van der Waals surface area contributed by atoms with E-state index in [1.165, 1.54) is 87.9 Å². The normalized spacial score (nSPS) is 12.4. The van der Waals surface area contributed by atoms with Gasteiger partial charge >= 0.3 is 0 Å². The van der Waals surface area contributed by atoms with Gasteiger partial charge in [-0.1, -0.05) is 26.0 Å². The van der Waals surface area contributed by atoms with Crippen molar-refractivity contribution < 1.29 is 41.3 Å². The van der Waals surface area contributed by atoms with Crippen LogP contribution in [-0.4, -0.2) is 72.2 Å². The highest BCUT2D eigenvalue weighted by Gasteiger charge is 2.35. The van der Waals surface area contributed by atoms with Crippen LogP contribution in [0.4, 0.5) is 10.1 Å². The molecular weight excluding hydrogens is 617 g/mol. The van der Waals surface area contributed by atoms with Crippen LogP contribution in [0.3, 0.4) is 0 Å². The summed E-state index contributed by atoms with van der Waals surface area (Å²) in [5.74, 6) is -0.571. The summed E-state index contributed by atoms with van der Waals surface area (Å²) < 4.78 is 65.0. The number of nitrogens with one attached hydrogen (secondary N) is 1. The van der Waals surface area contributed by atoms with Gasteiger partial charge in [0, 0.05) is 24.7 Å². The zero-order valence-corrected chi connectivity index (χ0v) is 28.0. The maximum atomic E-state index is 14.4. The van der Waals surface area contributed by atoms with E-state index < -0.39 is 34.3 Å². The molecule has 0 spiro atoms. The van der Waals surface area contributed by atoms with Crippen LogP contribution in [0.5, 0.6) is 23.0 Å². The number of amides is 2. The molecule has 0 saturated carbocycles. The predicted molar refractivity (Wildman–Crippen MR) is 173 cm³/mol. The maximum Gasteiger partial charge on any atom is 0.265 e. The summed E-state index contributed by atoms with van der Waals surface area (Å²) in [6, 6.07) is 13.1. The Kier molecular flexibility index (Phi) is 12.6. The molecule has 0 aromatic heterocycles. The van der Waals surface area contributed by atoms with Gasteiger partial charge in [-0.05, 0) is 61.7 Å². The number of ether oxygens (including phenoxy) is 4. The second-order valence-corrected chi connectivity index (χ2v) is 12.3. The fraction of sp³-hybridized carbons (Fsp3) is 0.394. The molecule has 3 rings (SSSR count). The van der Waals surface area contributed by atoms with E-state index in [1.54, 1.807) is 13.0 Å². The van der Waals surface area contributed by atoms with Crippen molar-refractivity contribution in [1.82, 2.24) is 10.2 Å². The molecule has 0 fully saturated rings. The second-order valence-electron chi connectivity index (χ2n) is 10.5. The lowest BCUT2D eigenvalue weighted by molar-refractivity contribution is -0.140. The molecular formula is C33H42FN3O8S. The third-order valence-electron chi connectivity index (χ3n) is 7.53. The van der Waals surface area contributed by atoms with Crippen molar-refractivity contribution in [3.05, 3.63) is 72.0 Å². The molecule has 0 aliphatic rings. The molecule has 3 aromatic carbocycles. The SMILES string of the molecule is CCC(C)NC(=O)C(CC)N(Cc1ccc(F)cc1)C(=O)CN(c1cc(OC)ccc1OC)S(=O)(=O)c1ccc(OC)c(OC)c1. The average Bonchev–Trinajstić information content (AvgIpc) is 3.06. The highest BCUT2D eigenvalue weighted by molar-refractivity contribution is 7.92. The Morgan fingerprint density at radius 3 is 2.02 bits per heavy atom. The number of hydrogen-bond donors (Lipinski definition) is 1. The van der Waals surface area contributed by atoms with Crippen LogP contribution in [0.25, 0.3) is 0 Å². The van der Waals surface area contributed by atoms with Crippen LogP contribution >= 0.6 is 0 Å². The molecule has 1 N–H and O–H groups in total. The minimum atomic E-state index is -4.49. The number of anilines is 1. The van der Waals surface area contributed by atoms with E-state index in [1.807, 2.05) is 13.8 Å².